The van der Waals surface area contributed by atoms with Crippen LogP contribution < -0.4 is 5.32 Å². The van der Waals surface area contributed by atoms with Gasteiger partial charge in [0.05, 0.1) is 29.6 Å². The van der Waals surface area contributed by atoms with Crippen LogP contribution in [0.1, 0.15) is 11.3 Å². The summed E-state index contributed by atoms with van der Waals surface area (Å²) < 4.78 is 1.55. The number of nitrogens with one attached hydrogen (secondary N) is 1. The highest BCUT2D eigenvalue weighted by Crippen LogP contribution is 2.19. The fourth-order valence-corrected chi connectivity index (χ4v) is 2.93. The molecular formula is C17H16N6OS. The number of thiazole rings is 1. The molecule has 25 heavy (non-hydrogen) atoms. The molecule has 1 aromatic carbocycles. The summed E-state index contributed by atoms with van der Waals surface area (Å²) >= 11 is 1.52. The molecule has 126 valence electrons. The second-order valence-corrected chi connectivity index (χ2v) is 6.18. The summed E-state index contributed by atoms with van der Waals surface area (Å²) in [7, 11) is 1.85. The Morgan fingerprint density at radius 2 is 2.20 bits per heavy atom. The van der Waals surface area contributed by atoms with Gasteiger partial charge in [-0.05, 0) is 19.2 Å². The van der Waals surface area contributed by atoms with E-state index >= 15 is 0 Å². The molecule has 1 amide bonds. The molecular weight excluding hydrogens is 336 g/mol. The van der Waals surface area contributed by atoms with Crippen LogP contribution in [-0.2, 0) is 11.3 Å². The zero-order valence-electron chi connectivity index (χ0n) is 13.6. The normalized spacial score (nSPS) is 10.6. The summed E-state index contributed by atoms with van der Waals surface area (Å²) in [5.41, 5.74) is 3.78. The number of carbonyl (C=O) groups is 1. The summed E-state index contributed by atoms with van der Waals surface area (Å²) in [6.07, 6.45) is 1.45. The lowest BCUT2D eigenvalue weighted by Gasteiger charge is -2.15. The number of likely N-dealkylation sites (N-methyl/N-ethyl adjacent to an activating group) is 1. The number of para-hydroxylation sites is 1. The van der Waals surface area contributed by atoms with Crippen LogP contribution in [-0.4, -0.2) is 39.2 Å². The molecule has 0 atom stereocenters. The number of hydrogen-bond acceptors (Lipinski definition) is 6. The van der Waals surface area contributed by atoms with Gasteiger partial charge >= 0.3 is 0 Å². The Balaban J connectivity index is 1.72. The number of aromatic nitrogens is 3. The zero-order valence-corrected chi connectivity index (χ0v) is 14.4. The van der Waals surface area contributed by atoms with E-state index < -0.39 is 0 Å². The Labute approximate surface area is 149 Å². The summed E-state index contributed by atoms with van der Waals surface area (Å²) in [6.45, 7) is 0.766. The predicted octanol–water partition coefficient (Wildman–Crippen LogP) is 2.27. The molecule has 2 heterocycles. The van der Waals surface area contributed by atoms with E-state index in [0.29, 0.717) is 17.9 Å². The van der Waals surface area contributed by atoms with Gasteiger partial charge in [-0.1, -0.05) is 18.2 Å². The second-order valence-electron chi connectivity index (χ2n) is 5.47. The number of benzene rings is 1. The predicted molar refractivity (Wildman–Crippen MR) is 95.4 cm³/mol. The van der Waals surface area contributed by atoms with E-state index in [9.17, 15) is 10.1 Å². The standard InChI is InChI=1S/C17H16N6OS/c1-22(9-14-11-25-12-19-14)10-16(24)21-17-13(7-18)8-20-23(17)15-5-3-2-4-6-15/h2-6,8,11-12H,9-10H2,1H3,(H,21,24). The van der Waals surface area contributed by atoms with Gasteiger partial charge in [0, 0.05) is 11.9 Å². The molecule has 0 aliphatic carbocycles. The van der Waals surface area contributed by atoms with Gasteiger partial charge in [-0.25, -0.2) is 9.67 Å². The Kier molecular flexibility index (Phi) is 5.18. The number of rotatable bonds is 6. The van der Waals surface area contributed by atoms with Crippen LogP contribution in [0.25, 0.3) is 5.69 Å². The van der Waals surface area contributed by atoms with E-state index in [4.69, 9.17) is 0 Å². The van der Waals surface area contributed by atoms with Gasteiger partial charge in [-0.3, -0.25) is 9.69 Å². The van der Waals surface area contributed by atoms with Crippen LogP contribution in [0.15, 0.2) is 47.4 Å². The molecule has 0 aliphatic rings. The maximum Gasteiger partial charge on any atom is 0.239 e. The van der Waals surface area contributed by atoms with E-state index in [1.54, 1.807) is 10.2 Å². The molecule has 3 rings (SSSR count). The maximum atomic E-state index is 12.4. The highest BCUT2D eigenvalue weighted by molar-refractivity contribution is 7.07. The average molecular weight is 352 g/mol. The van der Waals surface area contributed by atoms with Gasteiger partial charge in [-0.15, -0.1) is 11.3 Å². The SMILES string of the molecule is CN(CC(=O)Nc1c(C#N)cnn1-c1ccccc1)Cc1cscn1. The van der Waals surface area contributed by atoms with E-state index in [2.05, 4.69) is 21.5 Å². The third-order valence-electron chi connectivity index (χ3n) is 3.48. The molecule has 0 saturated heterocycles. The summed E-state index contributed by atoms with van der Waals surface area (Å²) in [4.78, 5) is 18.4. The minimum absolute atomic E-state index is 0.183. The number of hydrogen-bond donors (Lipinski definition) is 1. The second kappa shape index (κ2) is 7.70. The largest absolute Gasteiger partial charge is 0.308 e. The Hall–Kier alpha value is -3.02. The molecule has 0 spiro atoms. The number of amides is 1. The summed E-state index contributed by atoms with van der Waals surface area (Å²) in [5, 5.41) is 18.2. The van der Waals surface area contributed by atoms with Crippen molar-refractivity contribution in [2.75, 3.05) is 18.9 Å². The van der Waals surface area contributed by atoms with E-state index in [0.717, 1.165) is 11.4 Å². The van der Waals surface area contributed by atoms with Gasteiger partial charge in [0.1, 0.15) is 11.6 Å². The molecule has 0 aliphatic heterocycles. The topological polar surface area (TPSA) is 86.8 Å². The number of carbonyl (C=O) groups excluding carboxylic acids is 1. The Morgan fingerprint density at radius 1 is 1.40 bits per heavy atom. The highest BCUT2D eigenvalue weighted by atomic mass is 32.1. The fraction of sp³-hybridized carbons (Fsp3) is 0.176. The van der Waals surface area contributed by atoms with Gasteiger partial charge < -0.3 is 5.32 Å². The van der Waals surface area contributed by atoms with Gasteiger partial charge in [-0.2, -0.15) is 10.4 Å². The van der Waals surface area contributed by atoms with Crippen LogP contribution >= 0.6 is 11.3 Å². The molecule has 0 radical (unpaired) electrons. The molecule has 0 saturated carbocycles. The van der Waals surface area contributed by atoms with Crippen LogP contribution in [0.4, 0.5) is 5.82 Å². The quantitative estimate of drug-likeness (QED) is 0.735. The molecule has 0 fully saturated rings. The van der Waals surface area contributed by atoms with E-state index in [-0.39, 0.29) is 12.5 Å². The summed E-state index contributed by atoms with van der Waals surface area (Å²) in [5.74, 6) is 0.160. The molecule has 0 unspecified atom stereocenters. The zero-order chi connectivity index (χ0) is 17.6. The smallest absolute Gasteiger partial charge is 0.239 e. The lowest BCUT2D eigenvalue weighted by Crippen LogP contribution is -2.30. The Morgan fingerprint density at radius 3 is 2.88 bits per heavy atom. The summed E-state index contributed by atoms with van der Waals surface area (Å²) in [6, 6.07) is 11.4. The first-order chi connectivity index (χ1) is 12.2. The Bertz CT molecular complexity index is 882. The van der Waals surface area contributed by atoms with Crippen molar-refractivity contribution in [3.05, 3.63) is 58.7 Å². The third-order valence-corrected chi connectivity index (χ3v) is 4.11. The van der Waals surface area contributed by atoms with Gasteiger partial charge in [0.15, 0.2) is 5.82 Å². The number of nitrogens with zero attached hydrogens (tertiary/aromatic N) is 5. The first-order valence-electron chi connectivity index (χ1n) is 7.56. The first kappa shape index (κ1) is 16.8. The maximum absolute atomic E-state index is 12.4. The average Bonchev–Trinajstić information content (AvgIpc) is 3.25. The number of anilines is 1. The highest BCUT2D eigenvalue weighted by Gasteiger charge is 2.16. The van der Waals surface area contributed by atoms with Gasteiger partial charge in [0.25, 0.3) is 0 Å². The first-order valence-corrected chi connectivity index (χ1v) is 8.50. The van der Waals surface area contributed by atoms with Crippen molar-refractivity contribution in [2.24, 2.45) is 0 Å². The van der Waals surface area contributed by atoms with Gasteiger partial charge in [0.2, 0.25) is 5.91 Å². The van der Waals surface area contributed by atoms with Crippen LogP contribution in [0.2, 0.25) is 0 Å². The van der Waals surface area contributed by atoms with E-state index in [1.165, 1.54) is 17.5 Å². The minimum Gasteiger partial charge on any atom is -0.308 e. The van der Waals surface area contributed by atoms with Crippen molar-refractivity contribution in [1.82, 2.24) is 19.7 Å². The van der Waals surface area contributed by atoms with Crippen LogP contribution in [0.5, 0.6) is 0 Å². The van der Waals surface area contributed by atoms with Crippen molar-refractivity contribution in [3.8, 4) is 11.8 Å². The molecule has 1 N–H and O–H groups in total. The molecule has 0 bridgehead atoms. The van der Waals surface area contributed by atoms with Crippen molar-refractivity contribution < 1.29 is 4.79 Å². The van der Waals surface area contributed by atoms with Crippen molar-refractivity contribution in [3.63, 3.8) is 0 Å². The third kappa shape index (κ3) is 4.09. The molecule has 8 heteroatoms. The van der Waals surface area contributed by atoms with Crippen molar-refractivity contribution >= 4 is 23.1 Å². The lowest BCUT2D eigenvalue weighted by atomic mass is 10.3. The fourth-order valence-electron chi connectivity index (χ4n) is 2.38. The monoisotopic (exact) mass is 352 g/mol. The van der Waals surface area contributed by atoms with Crippen LogP contribution in [0.3, 0.4) is 0 Å². The molecule has 7 nitrogen and oxygen atoms in total. The minimum atomic E-state index is -0.216. The molecule has 3 aromatic rings. The van der Waals surface area contributed by atoms with Crippen molar-refractivity contribution in [1.29, 1.82) is 5.26 Å². The molecule has 2 aromatic heterocycles. The van der Waals surface area contributed by atoms with Crippen LogP contribution in [0, 0.1) is 11.3 Å². The number of nitriles is 1. The lowest BCUT2D eigenvalue weighted by molar-refractivity contribution is -0.117. The van der Waals surface area contributed by atoms with Crippen molar-refractivity contribution in [2.45, 2.75) is 6.54 Å². The van der Waals surface area contributed by atoms with E-state index in [1.807, 2.05) is 47.7 Å².